The molecule has 5 nitrogen and oxygen atoms in total. The van der Waals surface area contributed by atoms with Crippen molar-refractivity contribution in [2.75, 3.05) is 13.6 Å². The van der Waals surface area contributed by atoms with Gasteiger partial charge in [-0.1, -0.05) is 0 Å². The van der Waals surface area contributed by atoms with Gasteiger partial charge in [0.05, 0.1) is 6.54 Å². The molecule has 0 radical (unpaired) electrons. The summed E-state index contributed by atoms with van der Waals surface area (Å²) in [5.41, 5.74) is 0.211. The Balaban J connectivity index is 1.87. The Morgan fingerprint density at radius 1 is 0.962 bits per heavy atom. The molecular formula is C21H41N3O2. The molecule has 0 amide bonds. The van der Waals surface area contributed by atoms with Crippen LogP contribution in [0.4, 0.5) is 0 Å². The molecule has 152 valence electrons. The van der Waals surface area contributed by atoms with Gasteiger partial charge in [0, 0.05) is 41.0 Å². The van der Waals surface area contributed by atoms with Gasteiger partial charge in [0.1, 0.15) is 6.10 Å². The Hall–Kier alpha value is -0.650. The fourth-order valence-corrected chi connectivity index (χ4v) is 5.28. The molecule has 0 aromatic heterocycles. The molecule has 2 fully saturated rings. The van der Waals surface area contributed by atoms with Gasteiger partial charge in [-0.15, -0.1) is 0 Å². The van der Waals surface area contributed by atoms with Crippen LogP contribution in [0.25, 0.3) is 0 Å². The van der Waals surface area contributed by atoms with Crippen LogP contribution in [0, 0.1) is 0 Å². The van der Waals surface area contributed by atoms with E-state index >= 15 is 0 Å². The van der Waals surface area contributed by atoms with E-state index in [2.05, 4.69) is 78.0 Å². The number of likely N-dealkylation sites (tertiary alicyclic amines) is 1. The molecule has 0 saturated carbocycles. The van der Waals surface area contributed by atoms with Crippen molar-refractivity contribution in [1.82, 2.24) is 15.5 Å². The first-order valence-electron chi connectivity index (χ1n) is 10.1. The van der Waals surface area contributed by atoms with E-state index in [1.54, 1.807) is 0 Å². The van der Waals surface area contributed by atoms with Gasteiger partial charge in [-0.2, -0.15) is 0 Å². The van der Waals surface area contributed by atoms with E-state index in [0.717, 1.165) is 25.7 Å². The van der Waals surface area contributed by atoms with Crippen LogP contribution in [0.5, 0.6) is 0 Å². The van der Waals surface area contributed by atoms with Crippen molar-refractivity contribution >= 4 is 5.97 Å². The van der Waals surface area contributed by atoms with Crippen LogP contribution in [0.1, 0.15) is 81.1 Å². The largest absolute Gasteiger partial charge is 0.461 e. The van der Waals surface area contributed by atoms with Crippen molar-refractivity contribution in [3.05, 3.63) is 0 Å². The summed E-state index contributed by atoms with van der Waals surface area (Å²) in [5.74, 6) is -0.125. The predicted molar refractivity (Wildman–Crippen MR) is 107 cm³/mol. The fourth-order valence-electron chi connectivity index (χ4n) is 5.28. The summed E-state index contributed by atoms with van der Waals surface area (Å²) in [6, 6.07) is 0.333. The molecule has 0 aromatic carbocycles. The number of piperidine rings is 2. The van der Waals surface area contributed by atoms with Crippen LogP contribution in [0.2, 0.25) is 0 Å². The molecule has 0 bridgehead atoms. The number of nitrogens with one attached hydrogen (secondary N) is 2. The summed E-state index contributed by atoms with van der Waals surface area (Å²) in [5, 5.41) is 7.12. The number of carbonyl (C=O) groups excluding carboxylic acids is 1. The smallest absolute Gasteiger partial charge is 0.320 e. The van der Waals surface area contributed by atoms with Gasteiger partial charge < -0.3 is 15.4 Å². The van der Waals surface area contributed by atoms with E-state index in [1.807, 2.05) is 0 Å². The summed E-state index contributed by atoms with van der Waals surface area (Å²) in [6.45, 7) is 18.1. The normalized spacial score (nSPS) is 28.7. The van der Waals surface area contributed by atoms with Crippen LogP contribution in [-0.4, -0.2) is 58.8 Å². The highest BCUT2D eigenvalue weighted by atomic mass is 16.5. The van der Waals surface area contributed by atoms with E-state index in [0.29, 0.717) is 12.6 Å². The number of ether oxygens (including phenoxy) is 1. The molecule has 0 unspecified atom stereocenters. The lowest BCUT2D eigenvalue weighted by molar-refractivity contribution is -0.158. The summed E-state index contributed by atoms with van der Waals surface area (Å²) in [6.07, 6.45) is 3.78. The Morgan fingerprint density at radius 3 is 1.88 bits per heavy atom. The minimum Gasteiger partial charge on any atom is -0.461 e. The van der Waals surface area contributed by atoms with E-state index in [9.17, 15) is 4.79 Å². The summed E-state index contributed by atoms with van der Waals surface area (Å²) < 4.78 is 5.86. The second-order valence-corrected chi connectivity index (χ2v) is 11.1. The molecule has 2 aliphatic heterocycles. The lowest BCUT2D eigenvalue weighted by Crippen LogP contribution is -2.62. The number of esters is 1. The maximum absolute atomic E-state index is 12.5. The number of hydrogen-bond donors (Lipinski definition) is 2. The third-order valence-corrected chi connectivity index (χ3v) is 6.29. The summed E-state index contributed by atoms with van der Waals surface area (Å²) in [7, 11) is 2.17. The van der Waals surface area contributed by atoms with Gasteiger partial charge in [0.15, 0.2) is 0 Å². The van der Waals surface area contributed by atoms with Crippen LogP contribution in [0.3, 0.4) is 0 Å². The molecule has 5 heteroatoms. The average molecular weight is 368 g/mol. The zero-order valence-corrected chi connectivity index (χ0v) is 18.5. The first-order chi connectivity index (χ1) is 11.6. The number of hydrogen-bond acceptors (Lipinski definition) is 5. The topological polar surface area (TPSA) is 53.6 Å². The molecule has 0 aliphatic carbocycles. The van der Waals surface area contributed by atoms with Crippen LogP contribution >= 0.6 is 0 Å². The highest BCUT2D eigenvalue weighted by Crippen LogP contribution is 2.38. The Kier molecular flexibility index (Phi) is 5.88. The van der Waals surface area contributed by atoms with Crippen molar-refractivity contribution < 1.29 is 9.53 Å². The predicted octanol–water partition coefficient (Wildman–Crippen LogP) is 3.08. The minimum atomic E-state index is -0.125. The van der Waals surface area contributed by atoms with Crippen molar-refractivity contribution in [1.29, 1.82) is 0 Å². The monoisotopic (exact) mass is 367 g/mol. The Bertz CT molecular complexity index is 491. The van der Waals surface area contributed by atoms with Crippen molar-refractivity contribution in [2.24, 2.45) is 0 Å². The molecule has 2 aliphatic rings. The molecule has 0 spiro atoms. The third kappa shape index (κ3) is 5.43. The van der Waals surface area contributed by atoms with Gasteiger partial charge in [0.2, 0.25) is 0 Å². The quantitative estimate of drug-likeness (QED) is 0.748. The number of nitrogens with zero attached hydrogens (tertiary/aromatic N) is 1. The van der Waals surface area contributed by atoms with Crippen molar-refractivity contribution in [3.8, 4) is 0 Å². The second kappa shape index (κ2) is 7.06. The Morgan fingerprint density at radius 2 is 1.42 bits per heavy atom. The van der Waals surface area contributed by atoms with Gasteiger partial charge in [-0.3, -0.25) is 9.69 Å². The Labute approximate surface area is 160 Å². The van der Waals surface area contributed by atoms with E-state index in [4.69, 9.17) is 4.74 Å². The fraction of sp³-hybridized carbons (Fsp3) is 0.952. The molecular weight excluding hydrogens is 326 g/mol. The van der Waals surface area contributed by atoms with E-state index in [1.165, 1.54) is 0 Å². The third-order valence-electron chi connectivity index (χ3n) is 6.29. The molecule has 2 N–H and O–H groups in total. The lowest BCUT2D eigenvalue weighted by Gasteiger charge is -2.53. The highest BCUT2D eigenvalue weighted by Gasteiger charge is 2.44. The maximum atomic E-state index is 12.5. The lowest BCUT2D eigenvalue weighted by atomic mass is 9.78. The van der Waals surface area contributed by atoms with E-state index in [-0.39, 0.29) is 34.2 Å². The molecule has 0 atom stereocenters. The minimum absolute atomic E-state index is 0.00796. The molecule has 2 heterocycles. The van der Waals surface area contributed by atoms with Crippen LogP contribution in [0.15, 0.2) is 0 Å². The van der Waals surface area contributed by atoms with Crippen LogP contribution in [-0.2, 0) is 9.53 Å². The average Bonchev–Trinajstić information content (AvgIpc) is 2.38. The number of carbonyl (C=O) groups is 1. The summed E-state index contributed by atoms with van der Waals surface area (Å²) >= 11 is 0. The standard InChI is InChI=1S/C21H41N3O2/c1-18(2)10-15(11-19(3,4)23-18)22-14-17(25)26-16-12-20(5,6)24(9)21(7,8)13-16/h15-16,22-23H,10-14H2,1-9H3. The van der Waals surface area contributed by atoms with Gasteiger partial charge in [0.25, 0.3) is 0 Å². The van der Waals surface area contributed by atoms with Gasteiger partial charge in [-0.05, 0) is 75.3 Å². The highest BCUT2D eigenvalue weighted by molar-refractivity contribution is 5.72. The van der Waals surface area contributed by atoms with Crippen molar-refractivity contribution in [2.45, 2.75) is 115 Å². The van der Waals surface area contributed by atoms with Crippen LogP contribution < -0.4 is 10.6 Å². The van der Waals surface area contributed by atoms with E-state index < -0.39 is 0 Å². The molecule has 2 saturated heterocycles. The SMILES string of the molecule is CN1C(C)(C)CC(OC(=O)CNC2CC(C)(C)NC(C)(C)C2)CC1(C)C. The first kappa shape index (κ1) is 21.6. The van der Waals surface area contributed by atoms with Gasteiger partial charge >= 0.3 is 5.97 Å². The summed E-state index contributed by atoms with van der Waals surface area (Å²) in [4.78, 5) is 14.9. The first-order valence-corrected chi connectivity index (χ1v) is 10.1. The maximum Gasteiger partial charge on any atom is 0.320 e. The molecule has 0 aromatic rings. The number of rotatable bonds is 4. The molecule has 2 rings (SSSR count). The zero-order chi connectivity index (χ0) is 20.0. The second-order valence-electron chi connectivity index (χ2n) is 11.1. The zero-order valence-electron chi connectivity index (χ0n) is 18.5. The van der Waals surface area contributed by atoms with Gasteiger partial charge in [-0.25, -0.2) is 0 Å². The molecule has 26 heavy (non-hydrogen) atoms. The van der Waals surface area contributed by atoms with Crippen molar-refractivity contribution in [3.63, 3.8) is 0 Å².